The Kier molecular flexibility index (Phi) is 29.2. The maximum absolute atomic E-state index is 12.8. The number of rotatable bonds is 32. The number of likely N-dealkylation sites (N-methyl/N-ethyl adjacent to an activating group) is 1. The third kappa shape index (κ3) is 26.2. The van der Waals surface area contributed by atoms with Gasteiger partial charge < -0.3 is 14.7 Å². The molecule has 2 atom stereocenters. The average Bonchev–Trinajstić information content (AvgIpc) is 2.95. The molecule has 0 aromatic heterocycles. The second-order valence-electron chi connectivity index (χ2n) is 13.9. The van der Waals surface area contributed by atoms with Crippen molar-refractivity contribution in [1.29, 1.82) is 0 Å². The maximum atomic E-state index is 12.8. The van der Waals surface area contributed by atoms with E-state index in [0.29, 0.717) is 25.5 Å². The molecule has 5 heteroatoms. The molecule has 250 valence electrons. The summed E-state index contributed by atoms with van der Waals surface area (Å²) < 4.78 is 0.428. The van der Waals surface area contributed by atoms with Gasteiger partial charge in [-0.2, -0.15) is 0 Å². The van der Waals surface area contributed by atoms with E-state index in [2.05, 4.69) is 13.8 Å². The topological polar surface area (TPSA) is 60.4 Å². The van der Waals surface area contributed by atoms with Gasteiger partial charge in [-0.15, -0.1) is 5.48 Å². The molecule has 0 aliphatic rings. The zero-order valence-corrected chi connectivity index (χ0v) is 30.0. The van der Waals surface area contributed by atoms with Crippen LogP contribution < -0.4 is 5.11 Å². The fraction of sp³-hybridized carbons (Fsp3) is 0.946. The molecular weight excluding hydrogens is 537 g/mol. The summed E-state index contributed by atoms with van der Waals surface area (Å²) in [5.41, 5.74) is 0.171. The Hall–Kier alpha value is -0.280. The van der Waals surface area contributed by atoms with Crippen LogP contribution in [0.4, 0.5) is 0 Å². The molecular formula is C37H74NO3P. The largest absolute Gasteiger partial charge is 0.827 e. The van der Waals surface area contributed by atoms with Crippen LogP contribution in [0, 0.1) is 0 Å². The summed E-state index contributed by atoms with van der Waals surface area (Å²) in [5, 5.41) is 23.7. The Balaban J connectivity index is 4.03. The number of nitrogens with zero attached hydrogens (tertiary/aromatic N) is 1. The quantitative estimate of drug-likeness (QED) is 0.0468. The van der Waals surface area contributed by atoms with Gasteiger partial charge in [-0.05, 0) is 12.8 Å². The van der Waals surface area contributed by atoms with E-state index in [1.54, 1.807) is 0 Å². The number of Topliss-reactive ketones (excluding diaryl/α,β-unsaturated/α-hetero) is 1. The highest BCUT2D eigenvalue weighted by atomic mass is 31.1. The molecule has 0 heterocycles. The Labute approximate surface area is 265 Å². The van der Waals surface area contributed by atoms with E-state index in [1.165, 1.54) is 141 Å². The average molecular weight is 612 g/mol. The summed E-state index contributed by atoms with van der Waals surface area (Å²) in [4.78, 5) is 12.8. The number of unbranched alkanes of at least 4 members (excludes halogenated alkanes) is 24. The van der Waals surface area contributed by atoms with E-state index < -0.39 is 6.10 Å². The zero-order chi connectivity index (χ0) is 31.3. The molecule has 0 aromatic rings. The molecule has 0 rings (SSSR count). The first-order chi connectivity index (χ1) is 20.2. The van der Waals surface area contributed by atoms with Crippen molar-refractivity contribution in [2.45, 2.75) is 206 Å². The van der Waals surface area contributed by atoms with Crippen molar-refractivity contribution in [2.75, 3.05) is 21.1 Å². The minimum absolute atomic E-state index is 0.0868. The summed E-state index contributed by atoms with van der Waals surface area (Å²) in [7, 11) is 6.55. The number of ketones is 1. The first-order valence-corrected chi connectivity index (χ1v) is 19.5. The number of carbonyl (C=O) groups is 1. The highest BCUT2D eigenvalue weighted by Crippen LogP contribution is 2.25. The van der Waals surface area contributed by atoms with Crippen LogP contribution in [0.2, 0.25) is 0 Å². The summed E-state index contributed by atoms with van der Waals surface area (Å²) in [5.74, 6) is -0.467. The minimum atomic E-state index is -1.06. The minimum Gasteiger partial charge on any atom is -0.827 e. The third-order valence-electron chi connectivity index (χ3n) is 8.70. The number of carbonyl (C=O) groups excluding carboxylic acids is 1. The van der Waals surface area contributed by atoms with Gasteiger partial charge in [0.05, 0.1) is 21.1 Å². The number of hydrogen-bond acceptors (Lipinski definition) is 3. The smallest absolute Gasteiger partial charge is 0.172 e. The van der Waals surface area contributed by atoms with Crippen molar-refractivity contribution in [3.8, 4) is 0 Å². The molecule has 0 fully saturated rings. The van der Waals surface area contributed by atoms with Gasteiger partial charge in [0.2, 0.25) is 0 Å². The molecule has 0 bridgehead atoms. The van der Waals surface area contributed by atoms with Gasteiger partial charge in [0, 0.05) is 6.42 Å². The maximum Gasteiger partial charge on any atom is 0.172 e. The van der Waals surface area contributed by atoms with Crippen LogP contribution >= 0.6 is 8.20 Å². The monoisotopic (exact) mass is 612 g/mol. The van der Waals surface area contributed by atoms with Crippen LogP contribution in [-0.2, 0) is 4.79 Å². The lowest BCUT2D eigenvalue weighted by atomic mass is 10.0. The number of hydrogen-bond donors (Lipinski definition) is 1. The van der Waals surface area contributed by atoms with E-state index in [-0.39, 0.29) is 17.0 Å². The van der Waals surface area contributed by atoms with Crippen molar-refractivity contribution in [3.05, 3.63) is 0 Å². The number of aliphatic hydroxyl groups is 1. The lowest BCUT2D eigenvalue weighted by molar-refractivity contribution is -0.883. The molecule has 0 aromatic carbocycles. The molecule has 0 spiro atoms. The predicted molar refractivity (Wildman–Crippen MR) is 185 cm³/mol. The number of quaternary nitrogens is 1. The van der Waals surface area contributed by atoms with Crippen LogP contribution in [0.1, 0.15) is 194 Å². The Morgan fingerprint density at radius 3 is 1.14 bits per heavy atom. The molecule has 0 saturated carbocycles. The van der Waals surface area contributed by atoms with Crippen LogP contribution in [0.15, 0.2) is 0 Å². The second-order valence-corrected chi connectivity index (χ2v) is 15.2. The molecule has 2 unspecified atom stereocenters. The first kappa shape index (κ1) is 41.7. The Morgan fingerprint density at radius 1 is 0.548 bits per heavy atom. The molecule has 0 aliphatic carbocycles. The summed E-state index contributed by atoms with van der Waals surface area (Å²) in [6.45, 7) is 4.53. The van der Waals surface area contributed by atoms with E-state index in [4.69, 9.17) is 0 Å². The van der Waals surface area contributed by atoms with Gasteiger partial charge in [-0.25, -0.2) is 0 Å². The van der Waals surface area contributed by atoms with Crippen LogP contribution in [0.5, 0.6) is 0 Å². The van der Waals surface area contributed by atoms with Gasteiger partial charge in [0.25, 0.3) is 0 Å². The Morgan fingerprint density at radius 2 is 0.833 bits per heavy atom. The van der Waals surface area contributed by atoms with Gasteiger partial charge in [-0.3, -0.25) is 4.79 Å². The van der Waals surface area contributed by atoms with E-state index in [9.17, 15) is 15.0 Å². The molecule has 0 amide bonds. The van der Waals surface area contributed by atoms with E-state index in [0.717, 1.165) is 25.7 Å². The lowest BCUT2D eigenvalue weighted by Gasteiger charge is -2.35. The van der Waals surface area contributed by atoms with E-state index >= 15 is 0 Å². The summed E-state index contributed by atoms with van der Waals surface area (Å²) in [6.07, 6.45) is 33.4. The molecule has 0 aliphatic heterocycles. The highest BCUT2D eigenvalue weighted by molar-refractivity contribution is 7.40. The number of aliphatic hydroxyl groups excluding tert-OH is 1. The van der Waals surface area contributed by atoms with Crippen LogP contribution in [0.3, 0.4) is 0 Å². The summed E-state index contributed by atoms with van der Waals surface area (Å²) in [6, 6.07) is 0. The standard InChI is InChI=1S/C37H74NO3P/c1-6-8-10-12-14-16-18-19-20-21-23-25-27-29-31-33-35(40)42-37(38(3,4)5)36(41)34(39)32-30-28-26-24-22-17-15-13-11-9-7-2/h36-37,41H,6-33H2,1-5H3. The van der Waals surface area contributed by atoms with E-state index in [1.807, 2.05) is 21.1 Å². The molecule has 0 saturated heterocycles. The van der Waals surface area contributed by atoms with Gasteiger partial charge in [0.15, 0.2) is 17.7 Å². The van der Waals surface area contributed by atoms with Crippen molar-refractivity contribution >= 4 is 19.5 Å². The fourth-order valence-corrected chi connectivity index (χ4v) is 7.04. The fourth-order valence-electron chi connectivity index (χ4n) is 5.80. The molecule has 42 heavy (non-hydrogen) atoms. The van der Waals surface area contributed by atoms with Crippen molar-refractivity contribution in [3.63, 3.8) is 0 Å². The Bertz CT molecular complexity index is 631. The SMILES string of the molecule is CCCCCCCCCCCCCCCCCC([O-])=PC(C(O)C(=O)CCCCCCCCCCCCC)[N+](C)(C)C. The summed E-state index contributed by atoms with van der Waals surface area (Å²) >= 11 is 0. The first-order valence-electron chi connectivity index (χ1n) is 18.5. The molecule has 1 N–H and O–H groups in total. The van der Waals surface area contributed by atoms with Crippen LogP contribution in [0.25, 0.3) is 0 Å². The van der Waals surface area contributed by atoms with Gasteiger partial charge in [0.1, 0.15) is 0 Å². The van der Waals surface area contributed by atoms with Gasteiger partial charge >= 0.3 is 0 Å². The normalized spacial score (nSPS) is 13.9. The van der Waals surface area contributed by atoms with Crippen LogP contribution in [-0.4, -0.2) is 53.9 Å². The third-order valence-corrected chi connectivity index (χ3v) is 10.5. The highest BCUT2D eigenvalue weighted by Gasteiger charge is 2.34. The van der Waals surface area contributed by atoms with Crippen molar-refractivity contribution in [2.24, 2.45) is 0 Å². The van der Waals surface area contributed by atoms with Crippen molar-refractivity contribution < 1.29 is 19.5 Å². The molecule has 0 radical (unpaired) electrons. The van der Waals surface area contributed by atoms with Crippen molar-refractivity contribution in [1.82, 2.24) is 0 Å². The predicted octanol–water partition coefficient (Wildman–Crippen LogP) is 10.3. The zero-order valence-electron chi connectivity index (χ0n) is 29.1. The molecule has 4 nitrogen and oxygen atoms in total. The lowest BCUT2D eigenvalue weighted by Crippen LogP contribution is -2.51. The van der Waals surface area contributed by atoms with Gasteiger partial charge in [-0.1, -0.05) is 183 Å². The second kappa shape index (κ2) is 29.4.